The van der Waals surface area contributed by atoms with Gasteiger partial charge in [-0.25, -0.2) is 0 Å². The van der Waals surface area contributed by atoms with Crippen LogP contribution in [0.2, 0.25) is 0 Å². The molecule has 0 aliphatic carbocycles. The van der Waals surface area contributed by atoms with E-state index in [-0.39, 0.29) is 81.4 Å². The van der Waals surface area contributed by atoms with Crippen molar-refractivity contribution in [1.82, 2.24) is 0 Å². The van der Waals surface area contributed by atoms with E-state index in [9.17, 15) is 65.4 Å². The molecule has 36 heteroatoms. The summed E-state index contributed by atoms with van der Waals surface area (Å²) in [6.07, 6.45) is -14.5. The first-order chi connectivity index (χ1) is 41.5. The molecule has 2 aliphatic heterocycles. The second-order valence-corrected chi connectivity index (χ2v) is 19.3. The normalized spacial score (nSPS) is 21.0. The Kier molecular flexibility index (Phi) is 30.8. The Hall–Kier alpha value is -8.92. The number of Topliss-reactive ketones (excluding diaryl/α,β-unsaturated/α-hetero) is 2. The molecule has 0 amide bonds. The van der Waals surface area contributed by atoms with E-state index in [1.165, 1.54) is 24.3 Å². The van der Waals surface area contributed by atoms with Crippen molar-refractivity contribution in [3.63, 3.8) is 0 Å². The molecule has 88 heavy (non-hydrogen) atoms. The van der Waals surface area contributed by atoms with Crippen LogP contribution in [0.1, 0.15) is 102 Å². The van der Waals surface area contributed by atoms with Crippen molar-refractivity contribution in [1.29, 1.82) is 0 Å². The lowest BCUT2D eigenvalue weighted by Crippen LogP contribution is -2.63. The number of carbonyl (C=O) groups is 10. The van der Waals surface area contributed by atoms with Gasteiger partial charge in [-0.2, -0.15) is 8.42 Å². The first-order valence-corrected chi connectivity index (χ1v) is 27.6. The number of aromatic hydroxyl groups is 1. The molecule has 0 bridgehead atoms. The van der Waals surface area contributed by atoms with E-state index in [0.29, 0.717) is 6.42 Å². The second kappa shape index (κ2) is 36.9. The molecule has 0 aromatic heterocycles. The van der Waals surface area contributed by atoms with Crippen LogP contribution in [0.4, 0.5) is 3.89 Å². The lowest BCUT2D eigenvalue weighted by Gasteiger charge is -2.43. The van der Waals surface area contributed by atoms with E-state index in [1.54, 1.807) is 0 Å². The molecule has 4 rings (SSSR count). The van der Waals surface area contributed by atoms with Gasteiger partial charge in [-0.3, -0.25) is 47.9 Å². The summed E-state index contributed by atoms with van der Waals surface area (Å²) >= 11 is 0. The summed E-state index contributed by atoms with van der Waals surface area (Å²) in [6, 6.07) is 6.97. The molecule has 10 atom stereocenters. The summed E-state index contributed by atoms with van der Waals surface area (Å²) in [4.78, 5) is 125. The standard InChI is InChI=1S/C26H32FN3O15S.C26H33N3O13/c1-14(31)39-13-22-23(40-15(2)32)24(41-16(3)33)25(42-17(4)34)26(44-22)43-20-8-7-18(12-21(20)45-46(27,36)37)19(35)6-5-10-38-11-9-29-30-28;1-14(30)37-13-22-23(38-15(2)31)24(39-16(3)32)25(40-17(4)33)26(42-22)41-21-8-7-18(12-20(21)35)19(34)6-5-10-36-11-9-28-29-27/h7-8,12,22-26H,5-6,9-11,13H2,1-4H3;7-8,12,22-26,35H,5-6,9-11,13H2,1-4H3/t2*22-,23+,24+,25-,26?/m11/s1. The number of nitrogens with zero attached hydrogens (tertiary/aromatic N) is 6. The largest absolute Gasteiger partial charge is 0.504 e. The molecule has 2 aromatic carbocycles. The number of esters is 8. The minimum absolute atomic E-state index is 0.0801. The van der Waals surface area contributed by atoms with Gasteiger partial charge in [0.05, 0.1) is 13.2 Å². The Labute approximate surface area is 501 Å². The first-order valence-electron chi connectivity index (χ1n) is 26.3. The molecule has 484 valence electrons. The number of carbonyl (C=O) groups excluding carboxylic acids is 10. The van der Waals surface area contributed by atoms with Crippen LogP contribution in [0.5, 0.6) is 23.0 Å². The summed E-state index contributed by atoms with van der Waals surface area (Å²) in [7, 11) is -5.68. The van der Waals surface area contributed by atoms with Crippen LogP contribution in [0.25, 0.3) is 20.9 Å². The number of azide groups is 2. The van der Waals surface area contributed by atoms with E-state index in [2.05, 4.69) is 24.2 Å². The van der Waals surface area contributed by atoms with Crippen molar-refractivity contribution in [3.05, 3.63) is 68.4 Å². The molecule has 1 N–H and O–H groups in total. The summed E-state index contributed by atoms with van der Waals surface area (Å²) in [6.45, 7) is 8.51. The van der Waals surface area contributed by atoms with Gasteiger partial charge in [0.25, 0.3) is 0 Å². The van der Waals surface area contributed by atoms with Crippen LogP contribution in [0.3, 0.4) is 0 Å². The topological polar surface area (TPSA) is 461 Å². The van der Waals surface area contributed by atoms with E-state index < -0.39 is 156 Å². The molecule has 0 radical (unpaired) electrons. The molecule has 0 saturated carbocycles. The van der Waals surface area contributed by atoms with Gasteiger partial charge in [-0.05, 0) is 60.3 Å². The number of rotatable bonds is 32. The van der Waals surface area contributed by atoms with Crippen molar-refractivity contribution in [2.45, 2.75) is 142 Å². The molecule has 2 aromatic rings. The highest BCUT2D eigenvalue weighted by atomic mass is 32.3. The zero-order valence-corrected chi connectivity index (χ0v) is 49.5. The predicted molar refractivity (Wildman–Crippen MR) is 287 cm³/mol. The van der Waals surface area contributed by atoms with Gasteiger partial charge in [-0.1, -0.05) is 14.1 Å². The van der Waals surface area contributed by atoms with Crippen LogP contribution in [0.15, 0.2) is 46.6 Å². The van der Waals surface area contributed by atoms with Crippen LogP contribution >= 0.6 is 0 Å². The van der Waals surface area contributed by atoms with Crippen LogP contribution in [-0.2, 0) is 106 Å². The third-order valence-electron chi connectivity index (χ3n) is 11.3. The number of hydrogen-bond acceptors (Lipinski definition) is 30. The summed E-state index contributed by atoms with van der Waals surface area (Å²) in [5.74, 6) is -9.39. The van der Waals surface area contributed by atoms with E-state index in [4.69, 9.17) is 77.4 Å². The fourth-order valence-corrected chi connectivity index (χ4v) is 8.37. The molecular formula is C52H65FN6O28S. The third-order valence-corrected chi connectivity index (χ3v) is 11.7. The van der Waals surface area contributed by atoms with Crippen LogP contribution < -0.4 is 13.7 Å². The number of phenols is 1. The van der Waals surface area contributed by atoms with Crippen molar-refractivity contribution >= 4 is 69.8 Å². The smallest absolute Gasteiger partial charge is 0.488 e. The number of halogens is 1. The van der Waals surface area contributed by atoms with E-state index in [0.717, 1.165) is 67.5 Å². The minimum atomic E-state index is -5.68. The lowest BCUT2D eigenvalue weighted by molar-refractivity contribution is -0.288. The van der Waals surface area contributed by atoms with Gasteiger partial charge in [0.15, 0.2) is 59.0 Å². The van der Waals surface area contributed by atoms with Crippen LogP contribution in [-0.4, -0.2) is 187 Å². The monoisotopic (exact) mass is 1270 g/mol. The minimum Gasteiger partial charge on any atom is -0.504 e. The maximum absolute atomic E-state index is 13.7. The van der Waals surface area contributed by atoms with Gasteiger partial charge in [0.2, 0.25) is 24.8 Å². The average Bonchev–Trinajstić information content (AvgIpc) is 0.870. The predicted octanol–water partition coefficient (Wildman–Crippen LogP) is 4.18. The Balaban J connectivity index is 0.000000462. The summed E-state index contributed by atoms with van der Waals surface area (Å²) in [5.41, 5.74) is 16.6. The van der Waals surface area contributed by atoms with Gasteiger partial charge < -0.3 is 75.6 Å². The Morgan fingerprint density at radius 1 is 0.511 bits per heavy atom. The number of phenolic OH excluding ortho intramolecular Hbond substituents is 1. The number of ether oxygens (including phenoxy) is 14. The molecule has 2 aliphatic rings. The fraction of sp³-hybridized carbons (Fsp3) is 0.577. The molecule has 2 saturated heterocycles. The van der Waals surface area contributed by atoms with Crippen molar-refractivity contribution in [2.24, 2.45) is 10.2 Å². The van der Waals surface area contributed by atoms with Crippen molar-refractivity contribution in [2.75, 3.05) is 52.7 Å². The van der Waals surface area contributed by atoms with Gasteiger partial charge >= 0.3 is 58.3 Å². The van der Waals surface area contributed by atoms with Crippen molar-refractivity contribution < 1.29 is 136 Å². The maximum Gasteiger partial charge on any atom is 0.488 e. The van der Waals surface area contributed by atoms with E-state index >= 15 is 0 Å². The highest BCUT2D eigenvalue weighted by Crippen LogP contribution is 2.38. The Bertz CT molecular complexity index is 3010. The SMILES string of the molecule is CC(=O)OC[C@H]1OC(Oc2ccc(C(=O)CCCOCCN=[N+]=[N-])cc2O)[C@H](OC(C)=O)[C@@H](OC(C)=O)[C@H]1OC(C)=O.CC(=O)OC[C@H]1OC(Oc2ccc(C(=O)CCCOCCN=[N+]=[N-])cc2OS(=O)(=O)F)[C@H](OC(C)=O)[C@@H](OC(C)=O)[C@H]1OC(C)=O. The molecule has 0 spiro atoms. The molecule has 2 heterocycles. The zero-order valence-electron chi connectivity index (χ0n) is 48.7. The quantitative estimate of drug-likeness (QED) is 0.0157. The van der Waals surface area contributed by atoms with Gasteiger partial charge in [-0.15, -0.1) is 0 Å². The Morgan fingerprint density at radius 3 is 1.24 bits per heavy atom. The van der Waals surface area contributed by atoms with Gasteiger partial charge in [0.1, 0.15) is 25.4 Å². The second-order valence-electron chi connectivity index (χ2n) is 18.4. The van der Waals surface area contributed by atoms with Crippen molar-refractivity contribution in [3.8, 4) is 23.0 Å². The fourth-order valence-electron chi connectivity index (χ4n) is 8.02. The highest BCUT2D eigenvalue weighted by molar-refractivity contribution is 7.81. The summed E-state index contributed by atoms with van der Waals surface area (Å²) in [5, 5.41) is 17.3. The number of ketones is 2. The first kappa shape index (κ1) is 73.3. The maximum atomic E-state index is 13.7. The number of hydrogen-bond donors (Lipinski definition) is 1. The molecule has 2 fully saturated rings. The Morgan fingerprint density at radius 2 is 0.875 bits per heavy atom. The lowest BCUT2D eigenvalue weighted by atomic mass is 9.98. The highest BCUT2D eigenvalue weighted by Gasteiger charge is 2.55. The third kappa shape index (κ3) is 26.4. The van der Waals surface area contributed by atoms with Crippen LogP contribution in [0, 0.1) is 0 Å². The number of benzene rings is 2. The van der Waals surface area contributed by atoms with E-state index in [1.807, 2.05) is 0 Å². The molecule has 34 nitrogen and oxygen atoms in total. The summed E-state index contributed by atoms with van der Waals surface area (Å²) < 4.78 is 116. The molecule has 2 unspecified atom stereocenters. The zero-order chi connectivity index (χ0) is 65.7. The van der Waals surface area contributed by atoms with Gasteiger partial charge in [0, 0.05) is 115 Å². The molecular weight excluding hydrogens is 1210 g/mol. The average molecular weight is 1270 g/mol.